The van der Waals surface area contributed by atoms with E-state index in [1.54, 1.807) is 6.07 Å². The van der Waals surface area contributed by atoms with Crippen molar-refractivity contribution in [2.24, 2.45) is 0 Å². The topological polar surface area (TPSA) is 42.2 Å². The van der Waals surface area contributed by atoms with E-state index in [1.807, 2.05) is 25.1 Å². The summed E-state index contributed by atoms with van der Waals surface area (Å²) >= 11 is 12.7. The van der Waals surface area contributed by atoms with Crippen LogP contribution in [0, 0.1) is 0 Å². The van der Waals surface area contributed by atoms with Gasteiger partial charge >= 0.3 is 0 Å². The molecule has 2 aromatic rings. The summed E-state index contributed by atoms with van der Waals surface area (Å²) in [6.45, 7) is 2.02. The van der Waals surface area contributed by atoms with Crippen LogP contribution in [0.5, 0.6) is 0 Å². The molecule has 1 aromatic carbocycles. The molecule has 3 rings (SSSR count). The van der Waals surface area contributed by atoms with Gasteiger partial charge in [0.2, 0.25) is 5.91 Å². The average molecular weight is 310 g/mol. The highest BCUT2D eigenvalue weighted by molar-refractivity contribution is 6.33. The zero-order chi connectivity index (χ0) is 14.3. The minimum atomic E-state index is -0.455. The number of rotatable bonds is 3. The van der Waals surface area contributed by atoms with E-state index < -0.39 is 5.38 Å². The minimum Gasteiger partial charge on any atom is -0.464 e. The summed E-state index contributed by atoms with van der Waals surface area (Å²) in [5.74, 6) is 1.54. The molecule has 1 amide bonds. The minimum absolute atomic E-state index is 0.0226. The third-order valence-electron chi connectivity index (χ3n) is 3.40. The zero-order valence-electron chi connectivity index (χ0n) is 10.9. The van der Waals surface area contributed by atoms with Crippen LogP contribution in [0.2, 0.25) is 5.02 Å². The van der Waals surface area contributed by atoms with Gasteiger partial charge in [0.15, 0.2) is 0 Å². The molecule has 0 aliphatic carbocycles. The molecule has 20 heavy (non-hydrogen) atoms. The SMILES string of the molecule is CCc1ccc(C(Cl)c2cc3c(cc2Cl)NC(=O)C3)o1. The van der Waals surface area contributed by atoms with Crippen molar-refractivity contribution in [2.45, 2.75) is 25.1 Å². The summed E-state index contributed by atoms with van der Waals surface area (Å²) in [5.41, 5.74) is 2.45. The molecule has 1 aliphatic rings. The summed E-state index contributed by atoms with van der Waals surface area (Å²) in [4.78, 5) is 11.4. The molecule has 5 heteroatoms. The fourth-order valence-electron chi connectivity index (χ4n) is 2.34. The molecule has 0 radical (unpaired) electrons. The van der Waals surface area contributed by atoms with E-state index in [0.717, 1.165) is 29.0 Å². The van der Waals surface area contributed by atoms with E-state index >= 15 is 0 Å². The highest BCUT2D eigenvalue weighted by Gasteiger charge is 2.24. The number of alkyl halides is 1. The number of furan rings is 1. The van der Waals surface area contributed by atoms with E-state index in [0.29, 0.717) is 17.2 Å². The van der Waals surface area contributed by atoms with Crippen molar-refractivity contribution in [1.82, 2.24) is 0 Å². The van der Waals surface area contributed by atoms with Gasteiger partial charge in [0, 0.05) is 17.1 Å². The molecule has 0 bridgehead atoms. The summed E-state index contributed by atoms with van der Waals surface area (Å²) in [6.07, 6.45) is 1.18. The van der Waals surface area contributed by atoms with Crippen molar-refractivity contribution in [3.05, 3.63) is 51.9 Å². The predicted octanol–water partition coefficient (Wildman–Crippen LogP) is 4.32. The summed E-state index contributed by atoms with van der Waals surface area (Å²) in [7, 11) is 0. The van der Waals surface area contributed by atoms with Gasteiger partial charge in [-0.2, -0.15) is 0 Å². The monoisotopic (exact) mass is 309 g/mol. The maximum absolute atomic E-state index is 11.4. The van der Waals surface area contributed by atoms with Crippen LogP contribution in [-0.2, 0) is 17.6 Å². The third-order valence-corrected chi connectivity index (χ3v) is 4.18. The molecule has 0 spiro atoms. The standard InChI is InChI=1S/C15H13Cl2NO2/c1-2-9-3-4-13(20-9)15(17)10-5-8-6-14(19)18-12(8)7-11(10)16/h3-5,7,15H,2,6H2,1H3,(H,18,19). The van der Waals surface area contributed by atoms with Crippen molar-refractivity contribution in [2.75, 3.05) is 5.32 Å². The van der Waals surface area contributed by atoms with Gasteiger partial charge in [-0.1, -0.05) is 18.5 Å². The lowest BCUT2D eigenvalue weighted by molar-refractivity contribution is -0.115. The van der Waals surface area contributed by atoms with Gasteiger partial charge in [-0.15, -0.1) is 11.6 Å². The number of halogens is 2. The first kappa shape index (κ1) is 13.5. The third kappa shape index (κ3) is 2.32. The van der Waals surface area contributed by atoms with E-state index in [1.165, 1.54) is 0 Å². The summed E-state index contributed by atoms with van der Waals surface area (Å²) in [6, 6.07) is 7.40. The van der Waals surface area contributed by atoms with Gasteiger partial charge in [-0.25, -0.2) is 0 Å². The lowest BCUT2D eigenvalue weighted by Crippen LogP contribution is -2.03. The highest BCUT2D eigenvalue weighted by atomic mass is 35.5. The number of hydrogen-bond acceptors (Lipinski definition) is 2. The first-order valence-electron chi connectivity index (χ1n) is 6.43. The number of carbonyl (C=O) groups is 1. The Morgan fingerprint density at radius 1 is 1.40 bits per heavy atom. The van der Waals surface area contributed by atoms with Crippen LogP contribution >= 0.6 is 23.2 Å². The lowest BCUT2D eigenvalue weighted by Gasteiger charge is -2.11. The number of benzene rings is 1. The fourth-order valence-corrected chi connectivity index (χ4v) is 2.96. The molecular weight excluding hydrogens is 297 g/mol. The van der Waals surface area contributed by atoms with Crippen LogP contribution < -0.4 is 5.32 Å². The van der Waals surface area contributed by atoms with Crippen LogP contribution in [0.3, 0.4) is 0 Å². The van der Waals surface area contributed by atoms with Gasteiger partial charge in [0.25, 0.3) is 0 Å². The van der Waals surface area contributed by atoms with E-state index in [-0.39, 0.29) is 5.91 Å². The first-order chi connectivity index (χ1) is 9.58. The average Bonchev–Trinajstić information content (AvgIpc) is 3.02. The van der Waals surface area contributed by atoms with Gasteiger partial charge in [0.1, 0.15) is 16.9 Å². The van der Waals surface area contributed by atoms with Gasteiger partial charge in [-0.3, -0.25) is 4.79 Å². The normalized spacial score (nSPS) is 15.1. The Morgan fingerprint density at radius 2 is 2.20 bits per heavy atom. The number of amides is 1. The molecule has 1 atom stereocenters. The Hall–Kier alpha value is -1.45. The molecular formula is C15H13Cl2NO2. The van der Waals surface area contributed by atoms with Gasteiger partial charge < -0.3 is 9.73 Å². The summed E-state index contributed by atoms with van der Waals surface area (Å²) in [5, 5.41) is 2.84. The number of hydrogen-bond donors (Lipinski definition) is 1. The second-order valence-corrected chi connectivity index (χ2v) is 5.62. The van der Waals surface area contributed by atoms with Gasteiger partial charge in [-0.05, 0) is 35.4 Å². The Labute approximate surface area is 126 Å². The molecule has 1 aliphatic heterocycles. The maximum atomic E-state index is 11.4. The Bertz CT molecular complexity index is 679. The van der Waals surface area contributed by atoms with Crippen molar-refractivity contribution >= 4 is 34.8 Å². The fraction of sp³-hybridized carbons (Fsp3) is 0.267. The largest absolute Gasteiger partial charge is 0.464 e. The Kier molecular flexibility index (Phi) is 3.48. The zero-order valence-corrected chi connectivity index (χ0v) is 12.4. The second kappa shape index (κ2) is 5.15. The number of nitrogens with one attached hydrogen (secondary N) is 1. The lowest BCUT2D eigenvalue weighted by atomic mass is 10.0. The first-order valence-corrected chi connectivity index (χ1v) is 7.24. The van der Waals surface area contributed by atoms with Crippen LogP contribution in [-0.4, -0.2) is 5.91 Å². The summed E-state index contributed by atoms with van der Waals surface area (Å²) < 4.78 is 5.67. The van der Waals surface area contributed by atoms with E-state index in [9.17, 15) is 4.79 Å². The second-order valence-electron chi connectivity index (χ2n) is 4.78. The smallest absolute Gasteiger partial charge is 0.228 e. The van der Waals surface area contributed by atoms with Crippen LogP contribution in [0.1, 0.15) is 34.9 Å². The maximum Gasteiger partial charge on any atom is 0.228 e. The van der Waals surface area contributed by atoms with Crippen molar-refractivity contribution in [3.8, 4) is 0 Å². The van der Waals surface area contributed by atoms with Crippen molar-refractivity contribution in [1.29, 1.82) is 0 Å². The number of carbonyl (C=O) groups excluding carboxylic acids is 1. The molecule has 1 N–H and O–H groups in total. The highest BCUT2D eigenvalue weighted by Crippen LogP contribution is 2.38. The van der Waals surface area contributed by atoms with Gasteiger partial charge in [0.05, 0.1) is 6.42 Å². The quantitative estimate of drug-likeness (QED) is 0.858. The molecule has 1 aromatic heterocycles. The molecule has 2 heterocycles. The number of anilines is 1. The van der Waals surface area contributed by atoms with Crippen LogP contribution in [0.15, 0.2) is 28.7 Å². The molecule has 1 unspecified atom stereocenters. The number of aryl methyl sites for hydroxylation is 1. The van der Waals surface area contributed by atoms with Crippen molar-refractivity contribution in [3.63, 3.8) is 0 Å². The van der Waals surface area contributed by atoms with Crippen LogP contribution in [0.4, 0.5) is 5.69 Å². The Morgan fingerprint density at radius 3 is 2.90 bits per heavy atom. The van der Waals surface area contributed by atoms with Crippen LogP contribution in [0.25, 0.3) is 0 Å². The number of fused-ring (bicyclic) bond motifs is 1. The molecule has 0 saturated heterocycles. The Balaban J connectivity index is 1.97. The molecule has 0 fully saturated rings. The van der Waals surface area contributed by atoms with E-state index in [4.69, 9.17) is 27.6 Å². The van der Waals surface area contributed by atoms with E-state index in [2.05, 4.69) is 5.32 Å². The molecule has 0 saturated carbocycles. The molecule has 3 nitrogen and oxygen atoms in total. The van der Waals surface area contributed by atoms with Crippen molar-refractivity contribution < 1.29 is 9.21 Å². The predicted molar refractivity (Wildman–Crippen MR) is 79.6 cm³/mol. The molecule has 104 valence electrons.